The molecular formula is C22H27NO5. The molecule has 0 aliphatic carbocycles. The molecule has 1 N–H and O–H groups in total. The zero-order valence-electron chi connectivity index (χ0n) is 17.0. The average molecular weight is 385 g/mol. The van der Waals surface area contributed by atoms with Gasteiger partial charge in [0.15, 0.2) is 24.2 Å². The van der Waals surface area contributed by atoms with E-state index in [0.29, 0.717) is 18.1 Å². The summed E-state index contributed by atoms with van der Waals surface area (Å²) < 4.78 is 16.1. The maximum absolute atomic E-state index is 12.4. The number of aryl methyl sites for hydroxylation is 3. The zero-order chi connectivity index (χ0) is 20.7. The first kappa shape index (κ1) is 21.3. The first-order chi connectivity index (χ1) is 13.3. The minimum Gasteiger partial charge on any atom is -0.490 e. The number of hydrogen-bond acceptors (Lipinski definition) is 5. The monoisotopic (exact) mass is 385 g/mol. The van der Waals surface area contributed by atoms with Crippen molar-refractivity contribution in [3.05, 3.63) is 53.1 Å². The lowest BCUT2D eigenvalue weighted by Gasteiger charge is -2.17. The first-order valence-corrected chi connectivity index (χ1v) is 9.24. The van der Waals surface area contributed by atoms with E-state index in [0.717, 1.165) is 22.4 Å². The van der Waals surface area contributed by atoms with Crippen LogP contribution in [0.3, 0.4) is 0 Å². The van der Waals surface area contributed by atoms with Gasteiger partial charge in [-0.25, -0.2) is 4.79 Å². The number of rotatable bonds is 8. The Labute approximate surface area is 165 Å². The van der Waals surface area contributed by atoms with E-state index in [9.17, 15) is 9.59 Å². The fourth-order valence-electron chi connectivity index (χ4n) is 2.87. The van der Waals surface area contributed by atoms with Crippen molar-refractivity contribution in [2.24, 2.45) is 0 Å². The molecule has 0 aliphatic rings. The van der Waals surface area contributed by atoms with Crippen LogP contribution in [0.4, 0.5) is 5.69 Å². The molecule has 2 aromatic rings. The molecule has 2 rings (SSSR count). The normalized spacial score (nSPS) is 11.5. The molecule has 0 saturated heterocycles. The van der Waals surface area contributed by atoms with Crippen molar-refractivity contribution < 1.29 is 23.8 Å². The van der Waals surface area contributed by atoms with Crippen LogP contribution in [0.25, 0.3) is 0 Å². The lowest BCUT2D eigenvalue weighted by Crippen LogP contribution is -2.32. The van der Waals surface area contributed by atoms with E-state index in [1.165, 1.54) is 6.92 Å². The highest BCUT2D eigenvalue weighted by molar-refractivity contribution is 5.96. The van der Waals surface area contributed by atoms with Crippen LogP contribution in [-0.4, -0.2) is 31.2 Å². The van der Waals surface area contributed by atoms with Gasteiger partial charge in [-0.1, -0.05) is 29.8 Å². The fourth-order valence-corrected chi connectivity index (χ4v) is 2.87. The van der Waals surface area contributed by atoms with Gasteiger partial charge in [0.1, 0.15) is 0 Å². The Hall–Kier alpha value is -3.02. The van der Waals surface area contributed by atoms with E-state index < -0.39 is 18.0 Å². The van der Waals surface area contributed by atoms with Crippen LogP contribution in [0.1, 0.15) is 30.5 Å². The number of benzene rings is 2. The lowest BCUT2D eigenvalue weighted by molar-refractivity contribution is -0.155. The summed E-state index contributed by atoms with van der Waals surface area (Å²) in [5.74, 6) is -0.0253. The summed E-state index contributed by atoms with van der Waals surface area (Å²) in [6.07, 6.45) is -0.946. The molecule has 0 unspecified atom stereocenters. The number of carbonyl (C=O) groups excluding carboxylic acids is 2. The zero-order valence-corrected chi connectivity index (χ0v) is 17.0. The minimum atomic E-state index is -0.946. The van der Waals surface area contributed by atoms with Crippen LogP contribution < -0.4 is 14.8 Å². The Morgan fingerprint density at radius 3 is 2.14 bits per heavy atom. The molecule has 0 heterocycles. The average Bonchev–Trinajstić information content (AvgIpc) is 2.64. The highest BCUT2D eigenvalue weighted by Crippen LogP contribution is 2.26. The Bertz CT molecular complexity index is 824. The molecular weight excluding hydrogens is 358 g/mol. The van der Waals surface area contributed by atoms with Gasteiger partial charge in [-0.15, -0.1) is 0 Å². The van der Waals surface area contributed by atoms with Crippen molar-refractivity contribution in [2.45, 2.75) is 40.7 Å². The number of hydrogen-bond donors (Lipinski definition) is 1. The van der Waals surface area contributed by atoms with Crippen molar-refractivity contribution in [1.82, 2.24) is 0 Å². The van der Waals surface area contributed by atoms with Gasteiger partial charge < -0.3 is 19.5 Å². The Morgan fingerprint density at radius 1 is 1.00 bits per heavy atom. The maximum Gasteiger partial charge on any atom is 0.344 e. The maximum atomic E-state index is 12.4. The molecule has 0 aromatic heterocycles. The molecule has 0 fully saturated rings. The number of anilines is 1. The molecule has 0 bridgehead atoms. The van der Waals surface area contributed by atoms with Gasteiger partial charge in [0.2, 0.25) is 0 Å². The van der Waals surface area contributed by atoms with Crippen molar-refractivity contribution in [3.8, 4) is 11.5 Å². The standard InChI is InChI=1S/C22H27NO5/c1-6-26-18-9-7-8-10-19(18)27-13-20(24)28-17(5)22(25)23-21-15(3)11-14(2)12-16(21)4/h7-12,17H,6,13H2,1-5H3,(H,23,25)/t17-/m1/s1. The van der Waals surface area contributed by atoms with E-state index in [-0.39, 0.29) is 6.61 Å². The second-order valence-electron chi connectivity index (χ2n) is 6.56. The number of esters is 1. The van der Waals surface area contributed by atoms with Crippen molar-refractivity contribution in [1.29, 1.82) is 0 Å². The Morgan fingerprint density at radius 2 is 1.57 bits per heavy atom. The third kappa shape index (κ3) is 5.74. The lowest BCUT2D eigenvalue weighted by atomic mass is 10.0. The van der Waals surface area contributed by atoms with Gasteiger partial charge in [-0.3, -0.25) is 4.79 Å². The van der Waals surface area contributed by atoms with E-state index >= 15 is 0 Å². The summed E-state index contributed by atoms with van der Waals surface area (Å²) in [7, 11) is 0. The van der Waals surface area contributed by atoms with Crippen LogP contribution in [0.5, 0.6) is 11.5 Å². The van der Waals surface area contributed by atoms with Crippen LogP contribution in [0, 0.1) is 20.8 Å². The third-order valence-corrected chi connectivity index (χ3v) is 4.10. The molecule has 6 nitrogen and oxygen atoms in total. The third-order valence-electron chi connectivity index (χ3n) is 4.10. The summed E-state index contributed by atoms with van der Waals surface area (Å²) in [5.41, 5.74) is 3.78. The quantitative estimate of drug-likeness (QED) is 0.696. The summed E-state index contributed by atoms with van der Waals surface area (Å²) in [4.78, 5) is 24.5. The summed E-state index contributed by atoms with van der Waals surface area (Å²) in [6.45, 7) is 9.42. The molecule has 0 spiro atoms. The molecule has 1 amide bonds. The summed E-state index contributed by atoms with van der Waals surface area (Å²) in [5, 5.41) is 2.83. The molecule has 28 heavy (non-hydrogen) atoms. The van der Waals surface area contributed by atoms with Crippen LogP contribution in [-0.2, 0) is 14.3 Å². The molecule has 0 radical (unpaired) electrons. The summed E-state index contributed by atoms with van der Waals surface area (Å²) >= 11 is 0. The van der Waals surface area contributed by atoms with Gasteiger partial charge in [-0.2, -0.15) is 0 Å². The number of para-hydroxylation sites is 2. The number of ether oxygens (including phenoxy) is 3. The highest BCUT2D eigenvalue weighted by Gasteiger charge is 2.20. The number of nitrogens with one attached hydrogen (secondary N) is 1. The fraction of sp³-hybridized carbons (Fsp3) is 0.364. The predicted octanol–water partition coefficient (Wildman–Crippen LogP) is 3.96. The molecule has 0 saturated carbocycles. The van der Waals surface area contributed by atoms with Gasteiger partial charge in [0.25, 0.3) is 5.91 Å². The van der Waals surface area contributed by atoms with E-state index in [1.54, 1.807) is 18.2 Å². The van der Waals surface area contributed by atoms with E-state index in [4.69, 9.17) is 14.2 Å². The predicted molar refractivity (Wildman–Crippen MR) is 108 cm³/mol. The molecule has 6 heteroatoms. The second-order valence-corrected chi connectivity index (χ2v) is 6.56. The SMILES string of the molecule is CCOc1ccccc1OCC(=O)O[C@H](C)C(=O)Nc1c(C)cc(C)cc1C. The highest BCUT2D eigenvalue weighted by atomic mass is 16.6. The second kappa shape index (κ2) is 9.78. The van der Waals surface area contributed by atoms with Crippen LogP contribution in [0.15, 0.2) is 36.4 Å². The van der Waals surface area contributed by atoms with Crippen molar-refractivity contribution in [2.75, 3.05) is 18.5 Å². The van der Waals surface area contributed by atoms with Gasteiger partial charge in [0.05, 0.1) is 6.61 Å². The largest absolute Gasteiger partial charge is 0.490 e. The van der Waals surface area contributed by atoms with Gasteiger partial charge >= 0.3 is 5.97 Å². The number of carbonyl (C=O) groups is 2. The minimum absolute atomic E-state index is 0.315. The molecule has 1 atom stereocenters. The molecule has 2 aromatic carbocycles. The van der Waals surface area contributed by atoms with Crippen molar-refractivity contribution in [3.63, 3.8) is 0 Å². The van der Waals surface area contributed by atoms with E-state index in [2.05, 4.69) is 5.32 Å². The smallest absolute Gasteiger partial charge is 0.344 e. The molecule has 150 valence electrons. The Balaban J connectivity index is 1.91. The molecule has 0 aliphatic heterocycles. The van der Waals surface area contributed by atoms with Crippen molar-refractivity contribution >= 4 is 17.6 Å². The van der Waals surface area contributed by atoms with Gasteiger partial charge in [0, 0.05) is 5.69 Å². The van der Waals surface area contributed by atoms with Crippen LogP contribution in [0.2, 0.25) is 0 Å². The Kier molecular flexibility index (Phi) is 7.44. The van der Waals surface area contributed by atoms with Crippen LogP contribution >= 0.6 is 0 Å². The van der Waals surface area contributed by atoms with Gasteiger partial charge in [-0.05, 0) is 57.9 Å². The number of amides is 1. The topological polar surface area (TPSA) is 73.9 Å². The first-order valence-electron chi connectivity index (χ1n) is 9.24. The van der Waals surface area contributed by atoms with E-state index in [1.807, 2.05) is 45.9 Å². The summed E-state index contributed by atoms with van der Waals surface area (Å²) in [6, 6.07) is 11.0.